The molecule has 4 heterocycles. The molecule has 4 unspecified atom stereocenters. The van der Waals surface area contributed by atoms with Crippen LogP contribution in [-0.2, 0) is 9.53 Å². The molecule has 5 rings (SSSR count). The first-order valence-electron chi connectivity index (χ1n) is 12.1. The standard InChI is InChI=1S/C22H36N8O3/c31-21-19-18(15-24-28-21)26-22(30-10-12-32-13-11-30)27-20(19)25-16-1-3-17(4-2-16)33-14-9-29-7-5-23-6-8-29/h1-4,18-20,22-27H,5-15H2,(H,28,31). The number of anilines is 1. The molecule has 11 heteroatoms. The van der Waals surface area contributed by atoms with Crippen molar-refractivity contribution in [1.29, 1.82) is 0 Å². The number of nitrogens with zero attached hydrogens (tertiary/aromatic N) is 2. The summed E-state index contributed by atoms with van der Waals surface area (Å²) < 4.78 is 11.5. The molecule has 1 amide bonds. The van der Waals surface area contributed by atoms with E-state index in [4.69, 9.17) is 9.47 Å². The monoisotopic (exact) mass is 460 g/mol. The number of hydrogen-bond donors (Lipinski definition) is 6. The maximum Gasteiger partial charge on any atom is 0.242 e. The number of benzene rings is 1. The zero-order valence-electron chi connectivity index (χ0n) is 19.0. The van der Waals surface area contributed by atoms with Gasteiger partial charge in [0.05, 0.1) is 25.3 Å². The molecule has 1 aromatic carbocycles. The van der Waals surface area contributed by atoms with Crippen LogP contribution in [0.5, 0.6) is 5.75 Å². The number of ether oxygens (including phenoxy) is 2. The second-order valence-corrected chi connectivity index (χ2v) is 8.97. The molecular formula is C22H36N8O3. The van der Waals surface area contributed by atoms with Crippen LogP contribution in [0.3, 0.4) is 0 Å². The SMILES string of the molecule is O=C1NNCC2NC(N3CCOCC3)NC(Nc3ccc(OCCN4CCNCC4)cc3)C12. The average molecular weight is 461 g/mol. The molecule has 0 spiro atoms. The van der Waals surface area contributed by atoms with Gasteiger partial charge in [0, 0.05) is 64.1 Å². The van der Waals surface area contributed by atoms with Crippen LogP contribution in [0.2, 0.25) is 0 Å². The van der Waals surface area contributed by atoms with E-state index in [1.165, 1.54) is 0 Å². The highest BCUT2D eigenvalue weighted by atomic mass is 16.5. The van der Waals surface area contributed by atoms with Crippen LogP contribution >= 0.6 is 0 Å². The van der Waals surface area contributed by atoms with Gasteiger partial charge in [0.15, 0.2) is 0 Å². The van der Waals surface area contributed by atoms with Crippen LogP contribution in [0.1, 0.15) is 0 Å². The summed E-state index contributed by atoms with van der Waals surface area (Å²) in [4.78, 5) is 17.4. The summed E-state index contributed by atoms with van der Waals surface area (Å²) in [6.45, 7) is 9.71. The van der Waals surface area contributed by atoms with Gasteiger partial charge in [0.25, 0.3) is 0 Å². The van der Waals surface area contributed by atoms with Gasteiger partial charge in [-0.1, -0.05) is 0 Å². The zero-order valence-corrected chi connectivity index (χ0v) is 19.0. The molecule has 182 valence electrons. The molecule has 0 aromatic heterocycles. The molecule has 4 aliphatic rings. The Bertz CT molecular complexity index is 769. The molecule has 0 saturated carbocycles. The highest BCUT2D eigenvalue weighted by Crippen LogP contribution is 2.23. The van der Waals surface area contributed by atoms with Crippen LogP contribution in [0.25, 0.3) is 0 Å². The lowest BCUT2D eigenvalue weighted by atomic mass is 9.91. The van der Waals surface area contributed by atoms with Crippen molar-refractivity contribution in [3.63, 3.8) is 0 Å². The predicted molar refractivity (Wildman–Crippen MR) is 125 cm³/mol. The van der Waals surface area contributed by atoms with E-state index in [0.717, 1.165) is 70.5 Å². The van der Waals surface area contributed by atoms with Gasteiger partial charge in [0.2, 0.25) is 5.91 Å². The Hall–Kier alpha value is -1.99. The molecule has 4 aliphatic heterocycles. The number of fused-ring (bicyclic) bond motifs is 1. The van der Waals surface area contributed by atoms with Crippen LogP contribution in [0.15, 0.2) is 24.3 Å². The van der Waals surface area contributed by atoms with Gasteiger partial charge in [-0.05, 0) is 24.3 Å². The Morgan fingerprint density at radius 3 is 2.64 bits per heavy atom. The van der Waals surface area contributed by atoms with Crippen LogP contribution in [0.4, 0.5) is 5.69 Å². The summed E-state index contributed by atoms with van der Waals surface area (Å²) in [6, 6.07) is 8.03. The third-order valence-electron chi connectivity index (χ3n) is 6.81. The average Bonchev–Trinajstić information content (AvgIpc) is 2.86. The summed E-state index contributed by atoms with van der Waals surface area (Å²) in [7, 11) is 0. The second-order valence-electron chi connectivity index (χ2n) is 8.97. The Kier molecular flexibility index (Phi) is 7.57. The quantitative estimate of drug-likeness (QED) is 0.277. The molecule has 0 radical (unpaired) electrons. The summed E-state index contributed by atoms with van der Waals surface area (Å²) in [5.41, 5.74) is 6.74. The molecule has 1 aromatic rings. The fourth-order valence-electron chi connectivity index (χ4n) is 4.94. The van der Waals surface area contributed by atoms with E-state index in [1.54, 1.807) is 0 Å². The fraction of sp³-hybridized carbons (Fsp3) is 0.682. The minimum Gasteiger partial charge on any atom is -0.492 e. The summed E-state index contributed by atoms with van der Waals surface area (Å²) in [5.74, 6) is 0.605. The molecule has 0 aliphatic carbocycles. The zero-order chi connectivity index (χ0) is 22.5. The van der Waals surface area contributed by atoms with Gasteiger partial charge >= 0.3 is 0 Å². The van der Waals surface area contributed by atoms with E-state index < -0.39 is 0 Å². The Morgan fingerprint density at radius 2 is 1.85 bits per heavy atom. The van der Waals surface area contributed by atoms with Gasteiger partial charge < -0.3 is 20.1 Å². The first kappa shape index (κ1) is 22.8. The molecule has 6 N–H and O–H groups in total. The largest absolute Gasteiger partial charge is 0.492 e. The first-order chi connectivity index (χ1) is 16.3. The highest BCUT2D eigenvalue weighted by Gasteiger charge is 2.45. The van der Waals surface area contributed by atoms with Gasteiger partial charge in [0.1, 0.15) is 18.6 Å². The van der Waals surface area contributed by atoms with Gasteiger partial charge in [-0.15, -0.1) is 0 Å². The van der Waals surface area contributed by atoms with Crippen molar-refractivity contribution in [2.45, 2.75) is 18.5 Å². The third-order valence-corrected chi connectivity index (χ3v) is 6.81. The second kappa shape index (κ2) is 11.0. The van der Waals surface area contributed by atoms with Crippen molar-refractivity contribution < 1.29 is 14.3 Å². The topological polar surface area (TPSA) is 114 Å². The number of piperazine rings is 1. The van der Waals surface area contributed by atoms with Crippen molar-refractivity contribution in [3.8, 4) is 5.75 Å². The lowest BCUT2D eigenvalue weighted by Gasteiger charge is -2.49. The van der Waals surface area contributed by atoms with E-state index in [2.05, 4.69) is 41.9 Å². The maximum absolute atomic E-state index is 12.7. The Balaban J connectivity index is 1.19. The molecule has 4 saturated heterocycles. The molecular weight excluding hydrogens is 424 g/mol. The minimum absolute atomic E-state index is 0.0166. The van der Waals surface area contributed by atoms with E-state index in [-0.39, 0.29) is 30.3 Å². The van der Waals surface area contributed by atoms with E-state index >= 15 is 0 Å². The minimum atomic E-state index is -0.238. The Morgan fingerprint density at radius 1 is 1.06 bits per heavy atom. The molecule has 4 atom stereocenters. The van der Waals surface area contributed by atoms with Crippen molar-refractivity contribution in [2.24, 2.45) is 5.92 Å². The summed E-state index contributed by atoms with van der Waals surface area (Å²) >= 11 is 0. The number of carbonyl (C=O) groups is 1. The number of nitrogens with one attached hydrogen (secondary N) is 6. The summed E-state index contributed by atoms with van der Waals surface area (Å²) in [6.07, 6.45) is -0.224. The van der Waals surface area contributed by atoms with Crippen LogP contribution in [-0.4, -0.2) is 106 Å². The maximum atomic E-state index is 12.7. The van der Waals surface area contributed by atoms with Gasteiger partial charge in [-0.2, -0.15) is 0 Å². The van der Waals surface area contributed by atoms with Crippen molar-refractivity contribution in [2.75, 3.05) is 77.5 Å². The number of hydrogen-bond acceptors (Lipinski definition) is 10. The van der Waals surface area contributed by atoms with E-state index in [9.17, 15) is 4.79 Å². The number of morpholine rings is 1. The van der Waals surface area contributed by atoms with Crippen LogP contribution < -0.4 is 36.9 Å². The van der Waals surface area contributed by atoms with Gasteiger partial charge in [-0.25, -0.2) is 5.43 Å². The molecule has 4 fully saturated rings. The van der Waals surface area contributed by atoms with E-state index in [1.807, 2.05) is 24.3 Å². The fourth-order valence-corrected chi connectivity index (χ4v) is 4.94. The summed E-state index contributed by atoms with van der Waals surface area (Å²) in [5, 5.41) is 14.1. The molecule has 0 bridgehead atoms. The smallest absolute Gasteiger partial charge is 0.242 e. The van der Waals surface area contributed by atoms with Crippen molar-refractivity contribution in [3.05, 3.63) is 24.3 Å². The lowest BCUT2D eigenvalue weighted by molar-refractivity contribution is -0.133. The van der Waals surface area contributed by atoms with E-state index in [0.29, 0.717) is 13.2 Å². The highest BCUT2D eigenvalue weighted by molar-refractivity contribution is 5.81. The van der Waals surface area contributed by atoms with Crippen molar-refractivity contribution in [1.82, 2.24) is 36.6 Å². The Labute approximate surface area is 194 Å². The first-order valence-corrected chi connectivity index (χ1v) is 12.1. The number of hydrazine groups is 1. The molecule has 11 nitrogen and oxygen atoms in total. The van der Waals surface area contributed by atoms with Crippen molar-refractivity contribution >= 4 is 11.6 Å². The number of carbonyl (C=O) groups excluding carboxylic acids is 1. The van der Waals surface area contributed by atoms with Crippen LogP contribution in [0, 0.1) is 5.92 Å². The number of amides is 1. The van der Waals surface area contributed by atoms with Gasteiger partial charge in [-0.3, -0.25) is 30.7 Å². The normalized spacial score (nSPS) is 31.5. The number of rotatable bonds is 7. The molecule has 33 heavy (non-hydrogen) atoms. The predicted octanol–water partition coefficient (Wildman–Crippen LogP) is -1.86. The lowest BCUT2D eigenvalue weighted by Crippen LogP contribution is -2.77. The third kappa shape index (κ3) is 5.75.